The van der Waals surface area contributed by atoms with Crippen LogP contribution in [0.1, 0.15) is 11.3 Å². The number of halogens is 2. The van der Waals surface area contributed by atoms with Gasteiger partial charge in [0.25, 0.3) is 0 Å². The third-order valence-electron chi connectivity index (χ3n) is 2.84. The zero-order valence-electron chi connectivity index (χ0n) is 11.6. The van der Waals surface area contributed by atoms with Crippen LogP contribution >= 0.6 is 24.8 Å². The normalized spacial score (nSPS) is 10.9. The largest absolute Gasteiger partial charge is 0.472 e. The minimum absolute atomic E-state index is 0. The van der Waals surface area contributed by atoms with E-state index in [9.17, 15) is 0 Å². The van der Waals surface area contributed by atoms with Gasteiger partial charge in [-0.15, -0.1) is 24.8 Å². The Morgan fingerprint density at radius 3 is 2.91 bits per heavy atom. The zero-order chi connectivity index (χ0) is 13.8. The number of hydrogen-bond acceptors (Lipinski definition) is 5. The molecule has 6 nitrogen and oxygen atoms in total. The van der Waals surface area contributed by atoms with Crippen LogP contribution in [0, 0.1) is 0 Å². The molecule has 3 aromatic heterocycles. The van der Waals surface area contributed by atoms with Gasteiger partial charge in [-0.3, -0.25) is 4.98 Å². The van der Waals surface area contributed by atoms with Gasteiger partial charge in [0, 0.05) is 23.7 Å². The van der Waals surface area contributed by atoms with E-state index in [0.29, 0.717) is 18.9 Å². The Bertz CT molecular complexity index is 692. The lowest BCUT2D eigenvalue weighted by atomic mass is 10.1. The first kappa shape index (κ1) is 18.0. The van der Waals surface area contributed by atoms with Crippen LogP contribution in [0.15, 0.2) is 52.7 Å². The van der Waals surface area contributed by atoms with Crippen LogP contribution in [-0.4, -0.2) is 28.8 Å². The van der Waals surface area contributed by atoms with E-state index < -0.39 is 0 Å². The minimum atomic E-state index is 0. The Balaban J connectivity index is 0.00000121. The van der Waals surface area contributed by atoms with E-state index in [1.807, 2.05) is 18.2 Å². The fourth-order valence-corrected chi connectivity index (χ4v) is 1.92. The average molecular weight is 343 g/mol. The number of fused-ring (bicyclic) bond motifs is 1. The molecule has 0 saturated carbocycles. The number of rotatable bonds is 5. The molecule has 0 atom stereocenters. The van der Waals surface area contributed by atoms with Crippen molar-refractivity contribution in [3.63, 3.8) is 0 Å². The highest BCUT2D eigenvalue weighted by Crippen LogP contribution is 2.17. The molecule has 0 fully saturated rings. The van der Waals surface area contributed by atoms with E-state index in [1.165, 1.54) is 0 Å². The van der Waals surface area contributed by atoms with Gasteiger partial charge in [-0.1, -0.05) is 5.16 Å². The predicted molar refractivity (Wildman–Crippen MR) is 89.9 cm³/mol. The minimum Gasteiger partial charge on any atom is -0.472 e. The molecule has 0 bridgehead atoms. The first-order valence-corrected chi connectivity index (χ1v) is 6.24. The summed E-state index contributed by atoms with van der Waals surface area (Å²) in [4.78, 5) is 12.6. The van der Waals surface area contributed by atoms with Gasteiger partial charge in [-0.2, -0.15) is 0 Å². The second-order valence-electron chi connectivity index (χ2n) is 4.22. The predicted octanol–water partition coefficient (Wildman–Crippen LogP) is 2.73. The van der Waals surface area contributed by atoms with Crippen molar-refractivity contribution in [3.8, 4) is 0 Å². The summed E-state index contributed by atoms with van der Waals surface area (Å²) in [5, 5.41) is 5.21. The Labute approximate surface area is 139 Å². The molecule has 3 rings (SSSR count). The van der Waals surface area contributed by atoms with E-state index in [2.05, 4.69) is 15.1 Å². The van der Waals surface area contributed by atoms with E-state index in [1.54, 1.807) is 24.9 Å². The van der Waals surface area contributed by atoms with Gasteiger partial charge in [0.2, 0.25) is 0 Å². The zero-order valence-corrected chi connectivity index (χ0v) is 13.2. The molecule has 0 saturated heterocycles. The number of pyridine rings is 1. The van der Waals surface area contributed by atoms with Gasteiger partial charge in [0.15, 0.2) is 0 Å². The molecule has 0 amide bonds. The molecular formula is C14H16Cl2N4O2. The lowest BCUT2D eigenvalue weighted by molar-refractivity contribution is 0.152. The molecule has 22 heavy (non-hydrogen) atoms. The Morgan fingerprint density at radius 1 is 1.36 bits per heavy atom. The molecular weight excluding hydrogens is 327 g/mol. The maximum absolute atomic E-state index is 5.40. The lowest BCUT2D eigenvalue weighted by Gasteiger charge is -2.02. The number of aromatic nitrogens is 2. The topological polar surface area (TPSA) is 89.4 Å². The van der Waals surface area contributed by atoms with Crippen LogP contribution in [0.3, 0.4) is 0 Å². The van der Waals surface area contributed by atoms with Crippen molar-refractivity contribution >= 4 is 41.4 Å². The SMILES string of the molecule is Cl.Cl.NCCON=C(c1ccoc1)c1cc2ccncc2[nH]1. The first-order chi connectivity index (χ1) is 9.88. The molecule has 0 aliphatic heterocycles. The maximum atomic E-state index is 5.40. The number of oxime groups is 1. The van der Waals surface area contributed by atoms with Crippen LogP contribution in [0.4, 0.5) is 0 Å². The van der Waals surface area contributed by atoms with E-state index in [4.69, 9.17) is 15.0 Å². The molecule has 0 spiro atoms. The van der Waals surface area contributed by atoms with Crippen molar-refractivity contribution in [1.82, 2.24) is 9.97 Å². The van der Waals surface area contributed by atoms with E-state index in [-0.39, 0.29) is 24.8 Å². The smallest absolute Gasteiger partial charge is 0.136 e. The third kappa shape index (κ3) is 3.79. The summed E-state index contributed by atoms with van der Waals surface area (Å²) in [5.41, 5.74) is 8.69. The first-order valence-electron chi connectivity index (χ1n) is 6.24. The van der Waals surface area contributed by atoms with Gasteiger partial charge in [-0.05, 0) is 18.2 Å². The fraction of sp³-hybridized carbons (Fsp3) is 0.143. The van der Waals surface area contributed by atoms with Gasteiger partial charge in [-0.25, -0.2) is 0 Å². The number of H-pyrrole nitrogens is 1. The van der Waals surface area contributed by atoms with Gasteiger partial charge < -0.3 is 20.0 Å². The molecule has 3 heterocycles. The van der Waals surface area contributed by atoms with Crippen LogP contribution in [0.25, 0.3) is 10.9 Å². The van der Waals surface area contributed by atoms with Gasteiger partial charge >= 0.3 is 0 Å². The number of nitrogens with two attached hydrogens (primary N) is 1. The van der Waals surface area contributed by atoms with Crippen LogP contribution in [0.2, 0.25) is 0 Å². The highest BCUT2D eigenvalue weighted by Gasteiger charge is 2.12. The molecule has 0 aromatic carbocycles. The molecule has 0 aliphatic rings. The van der Waals surface area contributed by atoms with Crippen molar-refractivity contribution in [2.75, 3.05) is 13.2 Å². The van der Waals surface area contributed by atoms with Crippen molar-refractivity contribution in [2.24, 2.45) is 10.9 Å². The summed E-state index contributed by atoms with van der Waals surface area (Å²) >= 11 is 0. The molecule has 0 aliphatic carbocycles. The second-order valence-corrected chi connectivity index (χ2v) is 4.22. The quantitative estimate of drug-likeness (QED) is 0.423. The summed E-state index contributed by atoms with van der Waals surface area (Å²) in [7, 11) is 0. The lowest BCUT2D eigenvalue weighted by Crippen LogP contribution is -2.09. The monoisotopic (exact) mass is 342 g/mol. The van der Waals surface area contributed by atoms with Crippen molar-refractivity contribution in [2.45, 2.75) is 0 Å². The summed E-state index contributed by atoms with van der Waals surface area (Å²) < 4.78 is 5.11. The molecule has 0 unspecified atom stereocenters. The highest BCUT2D eigenvalue weighted by atomic mass is 35.5. The molecule has 8 heteroatoms. The Kier molecular flexibility index (Phi) is 6.91. The summed E-state index contributed by atoms with van der Waals surface area (Å²) in [6.45, 7) is 0.780. The molecule has 0 radical (unpaired) electrons. The van der Waals surface area contributed by atoms with Crippen molar-refractivity contribution in [1.29, 1.82) is 0 Å². The number of nitrogens with zero attached hydrogens (tertiary/aromatic N) is 2. The second kappa shape index (κ2) is 8.43. The number of hydrogen-bond donors (Lipinski definition) is 2. The Morgan fingerprint density at radius 2 is 2.23 bits per heavy atom. The van der Waals surface area contributed by atoms with E-state index >= 15 is 0 Å². The third-order valence-corrected chi connectivity index (χ3v) is 2.84. The van der Waals surface area contributed by atoms with Crippen LogP contribution in [0.5, 0.6) is 0 Å². The maximum Gasteiger partial charge on any atom is 0.136 e. The van der Waals surface area contributed by atoms with Crippen LogP contribution < -0.4 is 5.73 Å². The molecule has 118 valence electrons. The number of aromatic amines is 1. The molecule has 3 aromatic rings. The summed E-state index contributed by atoms with van der Waals surface area (Å²) in [6, 6.07) is 5.76. The molecule has 3 N–H and O–H groups in total. The van der Waals surface area contributed by atoms with Crippen molar-refractivity contribution < 1.29 is 9.25 Å². The highest BCUT2D eigenvalue weighted by molar-refractivity contribution is 6.13. The standard InChI is InChI=1S/C14H14N4O2.2ClH/c15-3-6-20-18-14(11-2-5-19-9-11)12-7-10-1-4-16-8-13(10)17-12;;/h1-2,4-5,7-9,17H,3,6,15H2;2*1H. The van der Waals surface area contributed by atoms with E-state index in [0.717, 1.165) is 22.2 Å². The average Bonchev–Trinajstić information content (AvgIpc) is 3.12. The summed E-state index contributed by atoms with van der Waals surface area (Å²) in [5.74, 6) is 0. The summed E-state index contributed by atoms with van der Waals surface area (Å²) in [6.07, 6.45) is 6.73. The Hall–Kier alpha value is -2.02. The van der Waals surface area contributed by atoms with Gasteiger partial charge in [0.05, 0.1) is 29.9 Å². The van der Waals surface area contributed by atoms with Crippen LogP contribution in [-0.2, 0) is 4.84 Å². The fourth-order valence-electron chi connectivity index (χ4n) is 1.92. The van der Waals surface area contributed by atoms with Crippen molar-refractivity contribution in [3.05, 3.63) is 54.4 Å². The number of nitrogens with one attached hydrogen (secondary N) is 1. The van der Waals surface area contributed by atoms with Gasteiger partial charge in [0.1, 0.15) is 12.3 Å². The number of furan rings is 1.